The second-order valence-electron chi connectivity index (χ2n) is 8.22. The van der Waals surface area contributed by atoms with Gasteiger partial charge in [-0.25, -0.2) is 4.79 Å². The Balaban J connectivity index is 1.43. The number of imidazole rings is 1. The van der Waals surface area contributed by atoms with E-state index in [-0.39, 0.29) is 18.7 Å². The number of rotatable bonds is 6. The van der Waals surface area contributed by atoms with Crippen LogP contribution >= 0.6 is 0 Å². The Morgan fingerprint density at radius 1 is 1.12 bits per heavy atom. The van der Waals surface area contributed by atoms with Crippen molar-refractivity contribution in [2.24, 2.45) is 7.05 Å². The number of hydrogen-bond donors (Lipinski definition) is 3. The van der Waals surface area contributed by atoms with Crippen LogP contribution in [0.5, 0.6) is 5.75 Å². The van der Waals surface area contributed by atoms with Crippen molar-refractivity contribution in [2.75, 3.05) is 37.7 Å². The third-order valence-electron chi connectivity index (χ3n) is 5.94. The normalized spacial score (nSPS) is 15.3. The highest BCUT2D eigenvalue weighted by Crippen LogP contribution is 2.22. The number of piperazine rings is 1. The van der Waals surface area contributed by atoms with E-state index < -0.39 is 17.4 Å². The molecule has 2 aromatic heterocycles. The summed E-state index contributed by atoms with van der Waals surface area (Å²) < 4.78 is 8.85. The molecule has 10 heteroatoms. The van der Waals surface area contributed by atoms with E-state index in [1.54, 1.807) is 11.6 Å². The van der Waals surface area contributed by atoms with Crippen LogP contribution in [0.15, 0.2) is 52.1 Å². The van der Waals surface area contributed by atoms with Gasteiger partial charge in [0.2, 0.25) is 5.95 Å². The molecule has 5 rings (SSSR count). The monoisotopic (exact) mass is 450 g/mol. The standard InChI is InChI=1S/C23H26N6O4/c1-27-20-19(21(31)26-23(27)32)29(22(25-20)28-10-8-24-9-11-28)13-17(30)14-33-18-7-6-15-4-2-3-5-16(15)12-18/h2-7,12,17,24,30H,8-11,13-14H2,1H3,(H,26,31,32)/t17-/m0/s1. The summed E-state index contributed by atoms with van der Waals surface area (Å²) in [5, 5.41) is 16.3. The fraction of sp³-hybridized carbons (Fsp3) is 0.348. The molecule has 0 spiro atoms. The lowest BCUT2D eigenvalue weighted by Gasteiger charge is -2.29. The second-order valence-corrected chi connectivity index (χ2v) is 8.22. The number of aromatic amines is 1. The summed E-state index contributed by atoms with van der Waals surface area (Å²) in [5.41, 5.74) is -0.496. The Hall–Kier alpha value is -3.63. The number of aliphatic hydroxyl groups excluding tert-OH is 1. The number of ether oxygens (including phenoxy) is 1. The second kappa shape index (κ2) is 8.72. The van der Waals surface area contributed by atoms with E-state index in [4.69, 9.17) is 4.74 Å². The lowest BCUT2D eigenvalue weighted by molar-refractivity contribution is 0.0937. The quantitative estimate of drug-likeness (QED) is 0.390. The van der Waals surface area contributed by atoms with Gasteiger partial charge in [0.15, 0.2) is 11.2 Å². The molecule has 1 atom stereocenters. The minimum absolute atomic E-state index is 0.0443. The average Bonchev–Trinajstić information content (AvgIpc) is 3.21. The van der Waals surface area contributed by atoms with Crippen molar-refractivity contribution in [1.82, 2.24) is 24.4 Å². The Labute approximate surface area is 189 Å². The van der Waals surface area contributed by atoms with Crippen molar-refractivity contribution in [3.8, 4) is 5.75 Å². The maximum atomic E-state index is 12.7. The molecule has 0 unspecified atom stereocenters. The number of aliphatic hydroxyl groups is 1. The van der Waals surface area contributed by atoms with Gasteiger partial charge in [-0.15, -0.1) is 0 Å². The van der Waals surface area contributed by atoms with E-state index in [0.717, 1.165) is 23.9 Å². The number of hydrogen-bond acceptors (Lipinski definition) is 7. The third kappa shape index (κ3) is 4.10. The number of nitrogens with zero attached hydrogens (tertiary/aromatic N) is 4. The van der Waals surface area contributed by atoms with E-state index in [2.05, 4.69) is 20.2 Å². The maximum absolute atomic E-state index is 12.7. The minimum Gasteiger partial charge on any atom is -0.491 e. The van der Waals surface area contributed by atoms with Gasteiger partial charge in [0.1, 0.15) is 18.5 Å². The number of fused-ring (bicyclic) bond motifs is 2. The van der Waals surface area contributed by atoms with Gasteiger partial charge in [-0.1, -0.05) is 30.3 Å². The molecule has 33 heavy (non-hydrogen) atoms. The first-order valence-electron chi connectivity index (χ1n) is 11.0. The van der Waals surface area contributed by atoms with Crippen molar-refractivity contribution in [3.05, 3.63) is 63.3 Å². The van der Waals surface area contributed by atoms with E-state index >= 15 is 0 Å². The molecule has 3 heterocycles. The zero-order valence-corrected chi connectivity index (χ0v) is 18.3. The Morgan fingerprint density at radius 3 is 2.67 bits per heavy atom. The predicted molar refractivity (Wildman–Crippen MR) is 126 cm³/mol. The van der Waals surface area contributed by atoms with Crippen molar-refractivity contribution in [3.63, 3.8) is 0 Å². The molecule has 10 nitrogen and oxygen atoms in total. The topological polar surface area (TPSA) is 117 Å². The molecule has 2 aromatic carbocycles. The Bertz CT molecular complexity index is 1420. The van der Waals surface area contributed by atoms with Crippen LogP contribution in [0.1, 0.15) is 0 Å². The summed E-state index contributed by atoms with van der Waals surface area (Å²) >= 11 is 0. The average molecular weight is 450 g/mol. The van der Waals surface area contributed by atoms with Gasteiger partial charge in [-0.2, -0.15) is 4.98 Å². The molecule has 1 fully saturated rings. The first-order chi connectivity index (χ1) is 16.0. The van der Waals surface area contributed by atoms with Gasteiger partial charge < -0.3 is 24.6 Å². The van der Waals surface area contributed by atoms with Gasteiger partial charge >= 0.3 is 5.69 Å². The van der Waals surface area contributed by atoms with Gasteiger partial charge in [0.25, 0.3) is 5.56 Å². The molecule has 1 saturated heterocycles. The summed E-state index contributed by atoms with van der Waals surface area (Å²) in [5.74, 6) is 1.22. The highest BCUT2D eigenvalue weighted by molar-refractivity contribution is 5.83. The zero-order valence-electron chi connectivity index (χ0n) is 18.3. The number of nitrogens with one attached hydrogen (secondary N) is 2. The summed E-state index contributed by atoms with van der Waals surface area (Å²) in [6.07, 6.45) is -0.896. The maximum Gasteiger partial charge on any atom is 0.329 e. The van der Waals surface area contributed by atoms with Crippen molar-refractivity contribution >= 4 is 27.9 Å². The number of benzene rings is 2. The molecule has 1 aliphatic heterocycles. The molecule has 4 aromatic rings. The summed E-state index contributed by atoms with van der Waals surface area (Å²) in [6.45, 7) is 3.13. The first kappa shape index (κ1) is 21.2. The molecule has 0 bridgehead atoms. The van der Waals surface area contributed by atoms with Crippen LogP contribution in [0, 0.1) is 0 Å². The molecule has 0 radical (unpaired) electrons. The van der Waals surface area contributed by atoms with E-state index in [9.17, 15) is 14.7 Å². The molecule has 1 aliphatic rings. The highest BCUT2D eigenvalue weighted by atomic mass is 16.5. The summed E-state index contributed by atoms with van der Waals surface area (Å²) in [4.78, 5) is 33.8. The minimum atomic E-state index is -0.896. The van der Waals surface area contributed by atoms with Crippen LogP contribution in [0.2, 0.25) is 0 Å². The van der Waals surface area contributed by atoms with E-state index in [1.165, 1.54) is 4.57 Å². The largest absolute Gasteiger partial charge is 0.491 e. The summed E-state index contributed by atoms with van der Waals surface area (Å²) in [7, 11) is 1.57. The first-order valence-corrected chi connectivity index (χ1v) is 11.0. The molecule has 3 N–H and O–H groups in total. The molecule has 172 valence electrons. The zero-order chi connectivity index (χ0) is 22.9. The van der Waals surface area contributed by atoms with Crippen molar-refractivity contribution in [1.29, 1.82) is 0 Å². The van der Waals surface area contributed by atoms with Crippen LogP contribution in [-0.2, 0) is 13.6 Å². The van der Waals surface area contributed by atoms with Crippen molar-refractivity contribution in [2.45, 2.75) is 12.6 Å². The molecular formula is C23H26N6O4. The Morgan fingerprint density at radius 2 is 1.88 bits per heavy atom. The fourth-order valence-corrected chi connectivity index (χ4v) is 4.22. The number of anilines is 1. The number of aryl methyl sites for hydroxylation is 1. The molecule has 0 saturated carbocycles. The van der Waals surface area contributed by atoms with Gasteiger partial charge in [-0.3, -0.25) is 14.3 Å². The Kier molecular flexibility index (Phi) is 5.61. The lowest BCUT2D eigenvalue weighted by atomic mass is 10.1. The van der Waals surface area contributed by atoms with Crippen LogP contribution in [0.25, 0.3) is 21.9 Å². The number of H-pyrrole nitrogens is 1. The number of aromatic nitrogens is 4. The van der Waals surface area contributed by atoms with Crippen LogP contribution in [-0.4, -0.2) is 63.1 Å². The van der Waals surface area contributed by atoms with E-state index in [1.807, 2.05) is 42.5 Å². The smallest absolute Gasteiger partial charge is 0.329 e. The van der Waals surface area contributed by atoms with Crippen molar-refractivity contribution < 1.29 is 9.84 Å². The SMILES string of the molecule is Cn1c(=O)[nH]c(=O)c2c1nc(N1CCNCC1)n2C[C@H](O)COc1ccc2ccccc2c1. The summed E-state index contributed by atoms with van der Waals surface area (Å²) in [6, 6.07) is 13.8. The predicted octanol–water partition coefficient (Wildman–Crippen LogP) is 0.426. The van der Waals surface area contributed by atoms with Crippen LogP contribution in [0.3, 0.4) is 0 Å². The van der Waals surface area contributed by atoms with Gasteiger partial charge in [-0.05, 0) is 22.9 Å². The van der Waals surface area contributed by atoms with Gasteiger partial charge in [0, 0.05) is 33.2 Å². The van der Waals surface area contributed by atoms with Crippen LogP contribution in [0.4, 0.5) is 5.95 Å². The third-order valence-corrected chi connectivity index (χ3v) is 5.94. The molecule has 0 aliphatic carbocycles. The fourth-order valence-electron chi connectivity index (χ4n) is 4.22. The lowest BCUT2D eigenvalue weighted by Crippen LogP contribution is -2.45. The van der Waals surface area contributed by atoms with Gasteiger partial charge in [0.05, 0.1) is 6.54 Å². The molecular weight excluding hydrogens is 424 g/mol. The molecule has 0 amide bonds. The van der Waals surface area contributed by atoms with Crippen LogP contribution < -0.4 is 26.2 Å². The highest BCUT2D eigenvalue weighted by Gasteiger charge is 2.24. The van der Waals surface area contributed by atoms with E-state index in [0.29, 0.717) is 30.4 Å².